The first-order chi connectivity index (χ1) is 14.3. The summed E-state index contributed by atoms with van der Waals surface area (Å²) in [6.45, 7) is 5.69. The van der Waals surface area contributed by atoms with E-state index in [-0.39, 0.29) is 18.9 Å². The molecule has 0 aliphatic carbocycles. The van der Waals surface area contributed by atoms with Gasteiger partial charge >= 0.3 is 5.97 Å². The Labute approximate surface area is 176 Å². The highest BCUT2D eigenvalue weighted by molar-refractivity contribution is 6.01. The number of benzene rings is 2. The molecular weight excluding hydrogens is 384 g/mol. The third-order valence-corrected chi connectivity index (χ3v) is 5.34. The molecule has 2 aromatic carbocycles. The van der Waals surface area contributed by atoms with Crippen molar-refractivity contribution in [2.24, 2.45) is 5.92 Å². The number of ether oxygens (including phenoxy) is 2. The molecule has 158 valence electrons. The molecule has 30 heavy (non-hydrogen) atoms. The highest BCUT2D eigenvalue weighted by atomic mass is 16.5. The predicted octanol–water partition coefficient (Wildman–Crippen LogP) is 3.24. The maximum Gasteiger partial charge on any atom is 0.312 e. The van der Waals surface area contributed by atoms with E-state index in [4.69, 9.17) is 9.47 Å². The van der Waals surface area contributed by atoms with Gasteiger partial charge in [-0.25, -0.2) is 0 Å². The van der Waals surface area contributed by atoms with Gasteiger partial charge < -0.3 is 19.7 Å². The van der Waals surface area contributed by atoms with Crippen molar-refractivity contribution in [2.45, 2.75) is 33.3 Å². The summed E-state index contributed by atoms with van der Waals surface area (Å²) in [7, 11) is 1.56. The van der Waals surface area contributed by atoms with Crippen LogP contribution in [0.25, 0.3) is 0 Å². The summed E-state index contributed by atoms with van der Waals surface area (Å²) >= 11 is 0. The molecule has 2 amide bonds. The molecule has 0 aromatic heterocycles. The van der Waals surface area contributed by atoms with Crippen LogP contribution in [-0.2, 0) is 19.1 Å². The lowest BCUT2D eigenvalue weighted by Crippen LogP contribution is -2.33. The minimum atomic E-state index is -0.982. The molecule has 2 aromatic rings. The molecule has 1 N–H and O–H groups in total. The van der Waals surface area contributed by atoms with Crippen molar-refractivity contribution in [3.8, 4) is 5.75 Å². The first kappa shape index (κ1) is 21.4. The number of aryl methyl sites for hydroxylation is 1. The largest absolute Gasteiger partial charge is 0.497 e. The van der Waals surface area contributed by atoms with Crippen LogP contribution in [0.4, 0.5) is 11.4 Å². The van der Waals surface area contributed by atoms with E-state index in [0.717, 1.165) is 16.8 Å². The SMILES string of the molecule is COc1ccc(NC(=O)[C@H](C)OC(=O)[C@@H]2CC(=O)N(c3cccc(C)c3C)C2)cc1. The van der Waals surface area contributed by atoms with Gasteiger partial charge in [0.15, 0.2) is 6.10 Å². The summed E-state index contributed by atoms with van der Waals surface area (Å²) in [4.78, 5) is 39.0. The maximum atomic E-state index is 12.6. The third kappa shape index (κ3) is 4.62. The van der Waals surface area contributed by atoms with Crippen LogP contribution in [0.3, 0.4) is 0 Å². The first-order valence-corrected chi connectivity index (χ1v) is 9.82. The molecule has 0 saturated carbocycles. The van der Waals surface area contributed by atoms with Gasteiger partial charge in [0.25, 0.3) is 5.91 Å². The molecule has 1 saturated heterocycles. The molecule has 0 unspecified atom stereocenters. The van der Waals surface area contributed by atoms with Crippen molar-refractivity contribution in [1.82, 2.24) is 0 Å². The van der Waals surface area contributed by atoms with Crippen LogP contribution < -0.4 is 15.0 Å². The topological polar surface area (TPSA) is 84.9 Å². The van der Waals surface area contributed by atoms with Gasteiger partial charge in [0.05, 0.1) is 13.0 Å². The van der Waals surface area contributed by atoms with Crippen LogP contribution in [0.15, 0.2) is 42.5 Å². The van der Waals surface area contributed by atoms with Crippen LogP contribution in [0.2, 0.25) is 0 Å². The number of methoxy groups -OCH3 is 1. The second-order valence-electron chi connectivity index (χ2n) is 7.42. The standard InChI is InChI=1S/C23H26N2O5/c1-14-6-5-7-20(15(14)2)25-13-17(12-21(25)26)23(28)30-16(3)22(27)24-18-8-10-19(29-4)11-9-18/h5-11,16-17H,12-13H2,1-4H3,(H,24,27)/t16-,17+/m0/s1. The summed E-state index contributed by atoms with van der Waals surface area (Å²) < 4.78 is 10.4. The Kier molecular flexibility index (Phi) is 6.40. The molecular formula is C23H26N2O5. The lowest BCUT2D eigenvalue weighted by atomic mass is 10.1. The Hall–Kier alpha value is -3.35. The molecule has 0 spiro atoms. The maximum absolute atomic E-state index is 12.6. The first-order valence-electron chi connectivity index (χ1n) is 9.82. The summed E-state index contributed by atoms with van der Waals surface area (Å²) in [6.07, 6.45) is -0.913. The molecule has 2 atom stereocenters. The second-order valence-corrected chi connectivity index (χ2v) is 7.42. The molecule has 7 nitrogen and oxygen atoms in total. The average Bonchev–Trinajstić information content (AvgIpc) is 3.12. The van der Waals surface area contributed by atoms with Gasteiger partial charge in [0.1, 0.15) is 5.75 Å². The molecule has 0 bridgehead atoms. The molecule has 1 aliphatic heterocycles. The molecule has 7 heteroatoms. The Balaban J connectivity index is 1.59. The van der Waals surface area contributed by atoms with Crippen molar-refractivity contribution in [3.05, 3.63) is 53.6 Å². The highest BCUT2D eigenvalue weighted by Gasteiger charge is 2.37. The van der Waals surface area contributed by atoms with E-state index in [9.17, 15) is 14.4 Å². The van der Waals surface area contributed by atoms with Crippen LogP contribution in [0, 0.1) is 19.8 Å². The van der Waals surface area contributed by atoms with Gasteiger partial charge in [-0.05, 0) is 62.2 Å². The number of carbonyl (C=O) groups excluding carboxylic acids is 3. The monoisotopic (exact) mass is 410 g/mol. The van der Waals surface area contributed by atoms with Crippen molar-refractivity contribution >= 4 is 29.2 Å². The van der Waals surface area contributed by atoms with Gasteiger partial charge in [-0.2, -0.15) is 0 Å². The van der Waals surface area contributed by atoms with Crippen LogP contribution in [0.5, 0.6) is 5.75 Å². The summed E-state index contributed by atoms with van der Waals surface area (Å²) in [5.41, 5.74) is 3.46. The lowest BCUT2D eigenvalue weighted by Gasteiger charge is -2.20. The van der Waals surface area contributed by atoms with Crippen molar-refractivity contribution in [2.75, 3.05) is 23.9 Å². The lowest BCUT2D eigenvalue weighted by molar-refractivity contribution is -0.157. The number of carbonyl (C=O) groups is 3. The Morgan fingerprint density at radius 2 is 1.83 bits per heavy atom. The molecule has 1 fully saturated rings. The van der Waals surface area contributed by atoms with Crippen LogP contribution in [0.1, 0.15) is 24.5 Å². The van der Waals surface area contributed by atoms with E-state index in [0.29, 0.717) is 11.4 Å². The Bertz CT molecular complexity index is 955. The Morgan fingerprint density at radius 3 is 2.50 bits per heavy atom. The van der Waals surface area contributed by atoms with Gasteiger partial charge in [0, 0.05) is 24.3 Å². The third-order valence-electron chi connectivity index (χ3n) is 5.34. The zero-order chi connectivity index (χ0) is 21.8. The summed E-state index contributed by atoms with van der Waals surface area (Å²) in [5, 5.41) is 2.70. The second kappa shape index (κ2) is 8.98. The van der Waals surface area contributed by atoms with E-state index in [1.807, 2.05) is 32.0 Å². The van der Waals surface area contributed by atoms with Gasteiger partial charge in [-0.3, -0.25) is 14.4 Å². The van der Waals surface area contributed by atoms with E-state index in [1.54, 1.807) is 36.3 Å². The van der Waals surface area contributed by atoms with E-state index in [2.05, 4.69) is 5.32 Å². The Morgan fingerprint density at radius 1 is 1.13 bits per heavy atom. The number of nitrogens with zero attached hydrogens (tertiary/aromatic N) is 1. The number of amides is 2. The molecule has 0 radical (unpaired) electrons. The zero-order valence-corrected chi connectivity index (χ0v) is 17.6. The predicted molar refractivity (Wildman–Crippen MR) is 114 cm³/mol. The fourth-order valence-electron chi connectivity index (χ4n) is 3.37. The van der Waals surface area contributed by atoms with Crippen LogP contribution >= 0.6 is 0 Å². The molecule has 1 heterocycles. The summed E-state index contributed by atoms with van der Waals surface area (Å²) in [5.74, 6) is -1.04. The van der Waals surface area contributed by atoms with Crippen molar-refractivity contribution in [1.29, 1.82) is 0 Å². The quantitative estimate of drug-likeness (QED) is 0.739. The molecule has 1 aliphatic rings. The highest BCUT2D eigenvalue weighted by Crippen LogP contribution is 2.30. The smallest absolute Gasteiger partial charge is 0.312 e. The van der Waals surface area contributed by atoms with E-state index in [1.165, 1.54) is 6.92 Å². The van der Waals surface area contributed by atoms with Crippen molar-refractivity contribution in [3.63, 3.8) is 0 Å². The normalized spacial score (nSPS) is 16.9. The number of rotatable bonds is 6. The number of hydrogen-bond acceptors (Lipinski definition) is 5. The van der Waals surface area contributed by atoms with Gasteiger partial charge in [0.2, 0.25) is 5.91 Å². The van der Waals surface area contributed by atoms with Crippen molar-refractivity contribution < 1.29 is 23.9 Å². The van der Waals surface area contributed by atoms with Gasteiger partial charge in [-0.15, -0.1) is 0 Å². The number of esters is 1. The van der Waals surface area contributed by atoms with E-state index >= 15 is 0 Å². The number of hydrogen-bond donors (Lipinski definition) is 1. The van der Waals surface area contributed by atoms with Gasteiger partial charge in [-0.1, -0.05) is 12.1 Å². The fraction of sp³-hybridized carbons (Fsp3) is 0.348. The van der Waals surface area contributed by atoms with Crippen LogP contribution in [-0.4, -0.2) is 37.5 Å². The average molecular weight is 410 g/mol. The minimum absolute atomic E-state index is 0.0685. The van der Waals surface area contributed by atoms with E-state index < -0.39 is 23.9 Å². The summed E-state index contributed by atoms with van der Waals surface area (Å²) in [6, 6.07) is 12.6. The zero-order valence-electron chi connectivity index (χ0n) is 17.6. The minimum Gasteiger partial charge on any atom is -0.497 e. The number of anilines is 2. The fourth-order valence-corrected chi connectivity index (χ4v) is 3.37. The number of nitrogens with one attached hydrogen (secondary N) is 1. The molecule has 3 rings (SSSR count).